The summed E-state index contributed by atoms with van der Waals surface area (Å²) in [4.78, 5) is 15.4. The largest absolute Gasteiger partial charge is 0.350 e. The topological polar surface area (TPSA) is 67.8 Å². The van der Waals surface area contributed by atoms with Crippen LogP contribution in [0.2, 0.25) is 0 Å². The molecule has 0 unspecified atom stereocenters. The highest BCUT2D eigenvalue weighted by molar-refractivity contribution is 7.98. The third-order valence-electron chi connectivity index (χ3n) is 1.83. The minimum Gasteiger partial charge on any atom is -0.350 e. The molecule has 1 aromatic rings. The van der Waals surface area contributed by atoms with Gasteiger partial charge in [0.15, 0.2) is 0 Å². The van der Waals surface area contributed by atoms with E-state index < -0.39 is 0 Å². The van der Waals surface area contributed by atoms with E-state index in [0.29, 0.717) is 29.7 Å². The molecule has 0 aromatic carbocycles. The van der Waals surface area contributed by atoms with Crippen molar-refractivity contribution >= 4 is 17.7 Å². The van der Waals surface area contributed by atoms with Gasteiger partial charge in [0.25, 0.3) is 0 Å². The van der Waals surface area contributed by atoms with E-state index in [4.69, 9.17) is 0 Å². The van der Waals surface area contributed by atoms with Crippen molar-refractivity contribution in [1.82, 2.24) is 20.5 Å². The number of rotatable bonds is 5. The summed E-state index contributed by atoms with van der Waals surface area (Å²) in [5.74, 6) is 0.397. The van der Waals surface area contributed by atoms with E-state index in [9.17, 15) is 4.79 Å². The summed E-state index contributed by atoms with van der Waals surface area (Å²) in [5.41, 5.74) is 0.676. The first kappa shape index (κ1) is 12.9. The number of nitrogens with zero attached hydrogens (tertiary/aromatic N) is 3. The van der Waals surface area contributed by atoms with Crippen LogP contribution in [0.25, 0.3) is 0 Å². The second-order valence-corrected chi connectivity index (χ2v) is 4.58. The standard InChI is InChI=1S/C10H16N4OS/c1-7(2)4-9(15)11-5-8-6-12-10(16-3)14-13-8/h6-7H,4-5H2,1-3H3,(H,11,15). The molecule has 1 heterocycles. The Kier molecular flexibility index (Phi) is 5.18. The minimum absolute atomic E-state index is 0.0331. The molecule has 16 heavy (non-hydrogen) atoms. The lowest BCUT2D eigenvalue weighted by Crippen LogP contribution is -2.24. The average Bonchev–Trinajstić information content (AvgIpc) is 2.26. The van der Waals surface area contributed by atoms with Crippen molar-refractivity contribution in [2.75, 3.05) is 6.26 Å². The molecule has 0 atom stereocenters. The quantitative estimate of drug-likeness (QED) is 0.785. The van der Waals surface area contributed by atoms with Gasteiger partial charge in [-0.25, -0.2) is 4.98 Å². The molecule has 0 aliphatic carbocycles. The number of hydrogen-bond donors (Lipinski definition) is 1. The van der Waals surface area contributed by atoms with Crippen molar-refractivity contribution in [2.24, 2.45) is 5.92 Å². The lowest BCUT2D eigenvalue weighted by atomic mass is 10.1. The minimum atomic E-state index is 0.0331. The molecule has 88 valence electrons. The van der Waals surface area contributed by atoms with Crippen LogP contribution in [0.15, 0.2) is 11.4 Å². The van der Waals surface area contributed by atoms with Crippen LogP contribution < -0.4 is 5.32 Å². The number of aromatic nitrogens is 3. The van der Waals surface area contributed by atoms with Crippen LogP contribution in [0.5, 0.6) is 0 Å². The van der Waals surface area contributed by atoms with E-state index in [1.54, 1.807) is 6.20 Å². The number of amides is 1. The zero-order chi connectivity index (χ0) is 12.0. The van der Waals surface area contributed by atoms with E-state index in [-0.39, 0.29) is 5.91 Å². The number of thioether (sulfide) groups is 1. The molecule has 0 spiro atoms. The van der Waals surface area contributed by atoms with Gasteiger partial charge in [0.1, 0.15) is 5.69 Å². The van der Waals surface area contributed by atoms with Gasteiger partial charge in [-0.3, -0.25) is 4.79 Å². The lowest BCUT2D eigenvalue weighted by Gasteiger charge is -2.06. The van der Waals surface area contributed by atoms with Crippen molar-refractivity contribution in [3.05, 3.63) is 11.9 Å². The first-order chi connectivity index (χ1) is 7.61. The molecule has 1 rings (SSSR count). The average molecular weight is 240 g/mol. The summed E-state index contributed by atoms with van der Waals surface area (Å²) in [7, 11) is 0. The number of hydrogen-bond acceptors (Lipinski definition) is 5. The molecular formula is C10H16N4OS. The zero-order valence-corrected chi connectivity index (χ0v) is 10.5. The first-order valence-electron chi connectivity index (χ1n) is 5.11. The predicted octanol–water partition coefficient (Wildman–Crippen LogP) is 1.26. The van der Waals surface area contributed by atoms with Crippen molar-refractivity contribution < 1.29 is 4.79 Å². The van der Waals surface area contributed by atoms with Gasteiger partial charge in [-0.15, -0.1) is 10.2 Å². The Bertz CT molecular complexity index is 339. The molecule has 1 aromatic heterocycles. The van der Waals surface area contributed by atoms with Gasteiger partial charge in [-0.1, -0.05) is 25.6 Å². The highest BCUT2D eigenvalue weighted by Crippen LogP contribution is 2.04. The summed E-state index contributed by atoms with van der Waals surface area (Å²) >= 11 is 1.44. The molecule has 0 fully saturated rings. The smallest absolute Gasteiger partial charge is 0.220 e. The second-order valence-electron chi connectivity index (χ2n) is 3.81. The van der Waals surface area contributed by atoms with Gasteiger partial charge in [0.05, 0.1) is 12.7 Å². The van der Waals surface area contributed by atoms with Gasteiger partial charge in [-0.2, -0.15) is 0 Å². The molecule has 1 amide bonds. The van der Waals surface area contributed by atoms with Crippen LogP contribution in [-0.4, -0.2) is 27.3 Å². The maximum Gasteiger partial charge on any atom is 0.220 e. The van der Waals surface area contributed by atoms with Gasteiger partial charge < -0.3 is 5.32 Å². The highest BCUT2D eigenvalue weighted by atomic mass is 32.2. The number of nitrogens with one attached hydrogen (secondary N) is 1. The van der Waals surface area contributed by atoms with Crippen LogP contribution >= 0.6 is 11.8 Å². The SMILES string of the molecule is CSc1ncc(CNC(=O)CC(C)C)nn1. The fraction of sp³-hybridized carbons (Fsp3) is 0.600. The van der Waals surface area contributed by atoms with E-state index >= 15 is 0 Å². The molecule has 0 aliphatic heterocycles. The summed E-state index contributed by atoms with van der Waals surface area (Å²) in [6.45, 7) is 4.41. The van der Waals surface area contributed by atoms with Crippen molar-refractivity contribution in [2.45, 2.75) is 32.0 Å². The van der Waals surface area contributed by atoms with Crippen LogP contribution in [0.1, 0.15) is 26.0 Å². The summed E-state index contributed by atoms with van der Waals surface area (Å²) in [5, 5.41) is 11.3. The maximum atomic E-state index is 11.4. The zero-order valence-electron chi connectivity index (χ0n) is 9.73. The van der Waals surface area contributed by atoms with E-state index in [0.717, 1.165) is 0 Å². The predicted molar refractivity (Wildman–Crippen MR) is 62.9 cm³/mol. The summed E-state index contributed by atoms with van der Waals surface area (Å²) in [6.07, 6.45) is 4.05. The highest BCUT2D eigenvalue weighted by Gasteiger charge is 2.05. The molecule has 1 N–H and O–H groups in total. The molecule has 6 heteroatoms. The van der Waals surface area contributed by atoms with Crippen molar-refractivity contribution in [3.63, 3.8) is 0 Å². The Labute approximate surface area is 99.4 Å². The van der Waals surface area contributed by atoms with Gasteiger partial charge in [-0.05, 0) is 12.2 Å². The molecule has 0 saturated heterocycles. The maximum absolute atomic E-state index is 11.4. The van der Waals surface area contributed by atoms with E-state index in [1.165, 1.54) is 11.8 Å². The Morgan fingerprint density at radius 1 is 1.50 bits per heavy atom. The Morgan fingerprint density at radius 3 is 2.75 bits per heavy atom. The Hall–Kier alpha value is -1.17. The van der Waals surface area contributed by atoms with Crippen molar-refractivity contribution in [1.29, 1.82) is 0 Å². The van der Waals surface area contributed by atoms with E-state index in [1.807, 2.05) is 20.1 Å². The Balaban J connectivity index is 2.39. The van der Waals surface area contributed by atoms with Crippen LogP contribution in [0.3, 0.4) is 0 Å². The van der Waals surface area contributed by atoms with Crippen LogP contribution in [0.4, 0.5) is 0 Å². The number of carbonyl (C=O) groups excluding carboxylic acids is 1. The molecule has 0 saturated carbocycles. The van der Waals surface area contributed by atoms with Gasteiger partial charge >= 0.3 is 0 Å². The van der Waals surface area contributed by atoms with Crippen LogP contribution in [-0.2, 0) is 11.3 Å². The molecular weight excluding hydrogens is 224 g/mol. The molecule has 0 radical (unpaired) electrons. The molecule has 5 nitrogen and oxygen atoms in total. The second kappa shape index (κ2) is 6.42. The van der Waals surface area contributed by atoms with Gasteiger partial charge in [0.2, 0.25) is 11.1 Å². The first-order valence-corrected chi connectivity index (χ1v) is 6.33. The van der Waals surface area contributed by atoms with Crippen molar-refractivity contribution in [3.8, 4) is 0 Å². The van der Waals surface area contributed by atoms with Gasteiger partial charge in [0, 0.05) is 6.42 Å². The number of carbonyl (C=O) groups is 1. The monoisotopic (exact) mass is 240 g/mol. The summed E-state index contributed by atoms with van der Waals surface area (Å²) in [6, 6.07) is 0. The normalized spacial score (nSPS) is 10.5. The third kappa shape index (κ3) is 4.57. The molecule has 0 aliphatic rings. The van der Waals surface area contributed by atoms with Crippen LogP contribution in [0, 0.1) is 5.92 Å². The summed E-state index contributed by atoms with van der Waals surface area (Å²) < 4.78 is 0. The Morgan fingerprint density at radius 2 is 2.25 bits per heavy atom. The lowest BCUT2D eigenvalue weighted by molar-refractivity contribution is -0.121. The van der Waals surface area contributed by atoms with E-state index in [2.05, 4.69) is 20.5 Å². The molecule has 0 bridgehead atoms. The third-order valence-corrected chi connectivity index (χ3v) is 2.38. The fourth-order valence-electron chi connectivity index (χ4n) is 1.09. The fourth-order valence-corrected chi connectivity index (χ4v) is 1.38.